The van der Waals surface area contributed by atoms with Gasteiger partial charge in [-0.25, -0.2) is 4.79 Å². The van der Waals surface area contributed by atoms with Gasteiger partial charge >= 0.3 is 5.97 Å². The number of para-hydroxylation sites is 1. The standard InChI is InChI=1S/C20H21NO4/c1-21(2)19(22)14-25-20(23)17(15-9-5-4-6-10-15)13-16-11-7-8-12-18(16)24-3/h4-13H,14H2,1-3H3/b17-13+. The summed E-state index contributed by atoms with van der Waals surface area (Å²) in [6, 6.07) is 16.5. The van der Waals surface area contributed by atoms with Crippen LogP contribution in [0.5, 0.6) is 5.75 Å². The van der Waals surface area contributed by atoms with E-state index in [2.05, 4.69) is 0 Å². The van der Waals surface area contributed by atoms with Gasteiger partial charge in [0.05, 0.1) is 12.7 Å². The number of nitrogens with zero attached hydrogens (tertiary/aromatic N) is 1. The summed E-state index contributed by atoms with van der Waals surface area (Å²) in [5.41, 5.74) is 1.81. The summed E-state index contributed by atoms with van der Waals surface area (Å²) in [7, 11) is 4.79. The van der Waals surface area contributed by atoms with Crippen LogP contribution in [0.15, 0.2) is 54.6 Å². The number of methoxy groups -OCH3 is 1. The molecule has 0 saturated heterocycles. The highest BCUT2D eigenvalue weighted by Gasteiger charge is 2.17. The molecule has 25 heavy (non-hydrogen) atoms. The lowest BCUT2D eigenvalue weighted by Crippen LogP contribution is -2.27. The lowest BCUT2D eigenvalue weighted by molar-refractivity contribution is -0.146. The number of hydrogen-bond donors (Lipinski definition) is 0. The number of hydrogen-bond acceptors (Lipinski definition) is 4. The molecule has 2 aromatic rings. The van der Waals surface area contributed by atoms with Crippen LogP contribution in [0.25, 0.3) is 11.6 Å². The number of esters is 1. The molecule has 2 rings (SSSR count). The molecule has 0 N–H and O–H groups in total. The van der Waals surface area contributed by atoms with Gasteiger partial charge < -0.3 is 14.4 Å². The van der Waals surface area contributed by atoms with Crippen molar-refractivity contribution in [3.05, 3.63) is 65.7 Å². The van der Waals surface area contributed by atoms with Crippen molar-refractivity contribution < 1.29 is 19.1 Å². The molecule has 0 radical (unpaired) electrons. The molecule has 0 fully saturated rings. The van der Waals surface area contributed by atoms with Gasteiger partial charge in [0.15, 0.2) is 6.61 Å². The minimum Gasteiger partial charge on any atom is -0.496 e. The topological polar surface area (TPSA) is 55.8 Å². The monoisotopic (exact) mass is 339 g/mol. The number of amides is 1. The van der Waals surface area contributed by atoms with Crippen molar-refractivity contribution >= 4 is 23.5 Å². The average Bonchev–Trinajstić information content (AvgIpc) is 2.64. The van der Waals surface area contributed by atoms with E-state index in [4.69, 9.17) is 9.47 Å². The fraction of sp³-hybridized carbons (Fsp3) is 0.200. The van der Waals surface area contributed by atoms with Gasteiger partial charge in [0, 0.05) is 19.7 Å². The first kappa shape index (κ1) is 18.3. The van der Waals surface area contributed by atoms with Crippen LogP contribution >= 0.6 is 0 Å². The summed E-state index contributed by atoms with van der Waals surface area (Å²) < 4.78 is 10.5. The fourth-order valence-corrected chi connectivity index (χ4v) is 2.15. The Hall–Kier alpha value is -3.08. The van der Waals surface area contributed by atoms with Crippen LogP contribution in [0, 0.1) is 0 Å². The summed E-state index contributed by atoms with van der Waals surface area (Å²) >= 11 is 0. The zero-order valence-electron chi connectivity index (χ0n) is 14.6. The summed E-state index contributed by atoms with van der Waals surface area (Å²) in [4.78, 5) is 25.6. The fourth-order valence-electron chi connectivity index (χ4n) is 2.15. The third-order valence-electron chi connectivity index (χ3n) is 3.57. The van der Waals surface area contributed by atoms with Crippen molar-refractivity contribution in [2.75, 3.05) is 27.8 Å². The highest BCUT2D eigenvalue weighted by atomic mass is 16.5. The van der Waals surface area contributed by atoms with Crippen molar-refractivity contribution in [3.63, 3.8) is 0 Å². The Bertz CT molecular complexity index is 766. The molecule has 0 heterocycles. The van der Waals surface area contributed by atoms with E-state index in [1.165, 1.54) is 4.90 Å². The van der Waals surface area contributed by atoms with E-state index in [-0.39, 0.29) is 12.5 Å². The van der Waals surface area contributed by atoms with Crippen LogP contribution in [0.3, 0.4) is 0 Å². The minimum atomic E-state index is -0.563. The van der Waals surface area contributed by atoms with Gasteiger partial charge in [-0.05, 0) is 17.7 Å². The van der Waals surface area contributed by atoms with Crippen LogP contribution in [0.1, 0.15) is 11.1 Å². The molecule has 0 aliphatic rings. The summed E-state index contributed by atoms with van der Waals surface area (Å²) in [6.45, 7) is -0.304. The molecule has 0 aliphatic heterocycles. The maximum Gasteiger partial charge on any atom is 0.339 e. The molecule has 0 aromatic heterocycles. The van der Waals surface area contributed by atoms with Crippen LogP contribution in [0.2, 0.25) is 0 Å². The van der Waals surface area contributed by atoms with Gasteiger partial charge in [-0.1, -0.05) is 48.5 Å². The maximum atomic E-state index is 12.6. The van der Waals surface area contributed by atoms with Gasteiger partial charge in [0.1, 0.15) is 5.75 Å². The average molecular weight is 339 g/mol. The highest BCUT2D eigenvalue weighted by molar-refractivity contribution is 6.22. The SMILES string of the molecule is COc1ccccc1/C=C(/C(=O)OCC(=O)N(C)C)c1ccccc1. The van der Waals surface area contributed by atoms with Crippen molar-refractivity contribution in [1.82, 2.24) is 4.90 Å². The van der Waals surface area contributed by atoms with Crippen LogP contribution in [-0.4, -0.2) is 44.6 Å². The Balaban J connectivity index is 2.36. The first-order chi connectivity index (χ1) is 12.0. The van der Waals surface area contributed by atoms with Crippen molar-refractivity contribution in [2.45, 2.75) is 0 Å². The second-order valence-corrected chi connectivity index (χ2v) is 5.53. The molecule has 1 amide bonds. The molecule has 0 saturated carbocycles. The predicted molar refractivity (Wildman–Crippen MR) is 97.0 cm³/mol. The molecule has 0 aliphatic carbocycles. The zero-order valence-corrected chi connectivity index (χ0v) is 14.6. The second-order valence-electron chi connectivity index (χ2n) is 5.53. The molecule has 130 valence electrons. The molecule has 0 unspecified atom stereocenters. The quantitative estimate of drug-likeness (QED) is 0.461. The Labute approximate surface area is 147 Å². The number of benzene rings is 2. The Morgan fingerprint density at radius 1 is 1.00 bits per heavy atom. The van der Waals surface area contributed by atoms with E-state index in [0.29, 0.717) is 16.9 Å². The van der Waals surface area contributed by atoms with Gasteiger partial charge in [0.25, 0.3) is 5.91 Å². The van der Waals surface area contributed by atoms with Crippen molar-refractivity contribution in [2.24, 2.45) is 0 Å². The number of carbonyl (C=O) groups is 2. The summed E-state index contributed by atoms with van der Waals surface area (Å²) in [6.07, 6.45) is 1.70. The first-order valence-electron chi connectivity index (χ1n) is 7.80. The van der Waals surface area contributed by atoms with E-state index < -0.39 is 5.97 Å². The van der Waals surface area contributed by atoms with Crippen LogP contribution in [0.4, 0.5) is 0 Å². The van der Waals surface area contributed by atoms with Gasteiger partial charge in [-0.15, -0.1) is 0 Å². The van der Waals surface area contributed by atoms with Crippen molar-refractivity contribution in [3.8, 4) is 5.75 Å². The molecular weight excluding hydrogens is 318 g/mol. The van der Waals surface area contributed by atoms with Gasteiger partial charge in [-0.2, -0.15) is 0 Å². The predicted octanol–water partition coefficient (Wildman–Crippen LogP) is 2.87. The van der Waals surface area contributed by atoms with E-state index in [1.54, 1.807) is 27.3 Å². The minimum absolute atomic E-state index is 0.280. The maximum absolute atomic E-state index is 12.6. The van der Waals surface area contributed by atoms with E-state index in [1.807, 2.05) is 54.6 Å². The molecule has 5 nitrogen and oxygen atoms in total. The first-order valence-corrected chi connectivity index (χ1v) is 7.80. The third kappa shape index (κ3) is 4.94. The zero-order chi connectivity index (χ0) is 18.2. The number of carbonyl (C=O) groups excluding carboxylic acids is 2. The highest BCUT2D eigenvalue weighted by Crippen LogP contribution is 2.25. The molecule has 0 bridgehead atoms. The largest absolute Gasteiger partial charge is 0.496 e. The van der Waals surface area contributed by atoms with Crippen LogP contribution in [-0.2, 0) is 14.3 Å². The summed E-state index contributed by atoms with van der Waals surface area (Å²) in [5, 5.41) is 0. The molecule has 0 spiro atoms. The Morgan fingerprint density at radius 3 is 2.28 bits per heavy atom. The normalized spacial score (nSPS) is 10.9. The van der Waals surface area contributed by atoms with E-state index in [9.17, 15) is 9.59 Å². The van der Waals surface area contributed by atoms with E-state index in [0.717, 1.165) is 5.56 Å². The third-order valence-corrected chi connectivity index (χ3v) is 3.57. The smallest absolute Gasteiger partial charge is 0.339 e. The summed E-state index contributed by atoms with van der Waals surface area (Å²) in [5.74, 6) is -0.196. The number of ether oxygens (including phenoxy) is 2. The molecule has 0 atom stereocenters. The van der Waals surface area contributed by atoms with Crippen LogP contribution < -0.4 is 4.74 Å². The number of likely N-dealkylation sites (N-methyl/N-ethyl adjacent to an activating group) is 1. The Morgan fingerprint density at radius 2 is 1.64 bits per heavy atom. The van der Waals surface area contributed by atoms with Crippen molar-refractivity contribution in [1.29, 1.82) is 0 Å². The second kappa shape index (κ2) is 8.68. The lowest BCUT2D eigenvalue weighted by atomic mass is 10.0. The molecule has 5 heteroatoms. The number of rotatable bonds is 6. The van der Waals surface area contributed by atoms with Gasteiger partial charge in [-0.3, -0.25) is 4.79 Å². The molecular formula is C20H21NO4. The van der Waals surface area contributed by atoms with Gasteiger partial charge in [0.2, 0.25) is 0 Å². The lowest BCUT2D eigenvalue weighted by Gasteiger charge is -2.13. The Kier molecular flexibility index (Phi) is 6.34. The molecule has 2 aromatic carbocycles. The van der Waals surface area contributed by atoms with E-state index >= 15 is 0 Å².